The van der Waals surface area contributed by atoms with Crippen LogP contribution in [0.3, 0.4) is 0 Å². The van der Waals surface area contributed by atoms with Crippen LogP contribution in [0.5, 0.6) is 0 Å². The Labute approximate surface area is 83.1 Å². The van der Waals surface area contributed by atoms with Gasteiger partial charge in [0.25, 0.3) is 0 Å². The first-order valence-electron chi connectivity index (χ1n) is 4.91. The molecule has 1 aromatic carbocycles. The van der Waals surface area contributed by atoms with E-state index in [0.29, 0.717) is 0 Å². The number of allylic oxidation sites excluding steroid dienone is 1. The number of nitrogens with zero attached hydrogens (tertiary/aromatic N) is 1. The summed E-state index contributed by atoms with van der Waals surface area (Å²) in [6, 6.07) is 8.34. The lowest BCUT2D eigenvalue weighted by molar-refractivity contribution is 1.21. The zero-order valence-electron chi connectivity index (χ0n) is 8.12. The SMILES string of the molecule is Cc1c2c(nc3ccccc13)C=CC2. The summed E-state index contributed by atoms with van der Waals surface area (Å²) in [5.41, 5.74) is 5.04. The van der Waals surface area contributed by atoms with Crippen molar-refractivity contribution < 1.29 is 0 Å². The molecule has 0 spiro atoms. The lowest BCUT2D eigenvalue weighted by Crippen LogP contribution is -1.93. The molecule has 0 saturated heterocycles. The number of hydrogen-bond donors (Lipinski definition) is 0. The molecule has 0 aliphatic heterocycles. The fraction of sp³-hybridized carbons (Fsp3) is 0.154. The van der Waals surface area contributed by atoms with Crippen LogP contribution >= 0.6 is 0 Å². The summed E-state index contributed by atoms with van der Waals surface area (Å²) in [5.74, 6) is 0. The molecule has 0 atom stereocenters. The molecule has 68 valence electrons. The van der Waals surface area contributed by atoms with Crippen molar-refractivity contribution in [2.75, 3.05) is 0 Å². The summed E-state index contributed by atoms with van der Waals surface area (Å²) in [6.07, 6.45) is 5.34. The third-order valence-electron chi connectivity index (χ3n) is 2.91. The second kappa shape index (κ2) is 2.68. The first-order chi connectivity index (χ1) is 6.86. The highest BCUT2D eigenvalue weighted by Crippen LogP contribution is 2.27. The van der Waals surface area contributed by atoms with Crippen LogP contribution in [0.1, 0.15) is 16.8 Å². The van der Waals surface area contributed by atoms with E-state index in [1.54, 1.807) is 0 Å². The van der Waals surface area contributed by atoms with Crippen LogP contribution in [0.4, 0.5) is 0 Å². The van der Waals surface area contributed by atoms with Gasteiger partial charge in [-0.15, -0.1) is 0 Å². The first-order valence-corrected chi connectivity index (χ1v) is 4.91. The van der Waals surface area contributed by atoms with Gasteiger partial charge in [-0.05, 0) is 36.6 Å². The van der Waals surface area contributed by atoms with E-state index >= 15 is 0 Å². The Kier molecular flexibility index (Phi) is 1.48. The summed E-state index contributed by atoms with van der Waals surface area (Å²) in [5, 5.41) is 1.29. The molecule has 2 aromatic rings. The number of aryl methyl sites for hydroxylation is 1. The van der Waals surface area contributed by atoms with E-state index in [1.165, 1.54) is 16.5 Å². The fourth-order valence-electron chi connectivity index (χ4n) is 2.12. The highest BCUT2D eigenvalue weighted by molar-refractivity contribution is 5.85. The number of aromatic nitrogens is 1. The van der Waals surface area contributed by atoms with Gasteiger partial charge < -0.3 is 0 Å². The number of pyridine rings is 1. The monoisotopic (exact) mass is 181 g/mol. The van der Waals surface area contributed by atoms with Crippen molar-refractivity contribution in [1.82, 2.24) is 4.98 Å². The van der Waals surface area contributed by atoms with Gasteiger partial charge in [-0.1, -0.05) is 24.3 Å². The number of rotatable bonds is 0. The van der Waals surface area contributed by atoms with Crippen molar-refractivity contribution in [3.63, 3.8) is 0 Å². The summed E-state index contributed by atoms with van der Waals surface area (Å²) >= 11 is 0. The van der Waals surface area contributed by atoms with Gasteiger partial charge >= 0.3 is 0 Å². The minimum atomic E-state index is 1.04. The van der Waals surface area contributed by atoms with Crippen molar-refractivity contribution >= 4 is 17.0 Å². The molecule has 3 rings (SSSR count). The number of para-hydroxylation sites is 1. The second-order valence-corrected chi connectivity index (χ2v) is 3.72. The van der Waals surface area contributed by atoms with E-state index in [1.807, 2.05) is 6.07 Å². The smallest absolute Gasteiger partial charge is 0.0712 e. The number of benzene rings is 1. The highest BCUT2D eigenvalue weighted by Gasteiger charge is 2.11. The van der Waals surface area contributed by atoms with Crippen LogP contribution in [0.15, 0.2) is 30.3 Å². The summed E-state index contributed by atoms with van der Waals surface area (Å²) < 4.78 is 0. The average molecular weight is 181 g/mol. The van der Waals surface area contributed by atoms with Crippen molar-refractivity contribution in [3.8, 4) is 0 Å². The normalized spacial score (nSPS) is 13.5. The molecule has 1 aromatic heterocycles. The Morgan fingerprint density at radius 3 is 3.00 bits per heavy atom. The van der Waals surface area contributed by atoms with Crippen molar-refractivity contribution in [2.45, 2.75) is 13.3 Å². The average Bonchev–Trinajstić information content (AvgIpc) is 2.66. The van der Waals surface area contributed by atoms with E-state index in [-0.39, 0.29) is 0 Å². The van der Waals surface area contributed by atoms with Crippen LogP contribution in [-0.2, 0) is 6.42 Å². The van der Waals surface area contributed by atoms with Crippen LogP contribution in [0.2, 0.25) is 0 Å². The van der Waals surface area contributed by atoms with Crippen molar-refractivity contribution in [2.24, 2.45) is 0 Å². The van der Waals surface area contributed by atoms with Crippen molar-refractivity contribution in [1.29, 1.82) is 0 Å². The maximum Gasteiger partial charge on any atom is 0.0712 e. The summed E-state index contributed by atoms with van der Waals surface area (Å²) in [4.78, 5) is 4.63. The lowest BCUT2D eigenvalue weighted by atomic mass is 10.0. The van der Waals surface area contributed by atoms with E-state index in [4.69, 9.17) is 0 Å². The highest BCUT2D eigenvalue weighted by atomic mass is 14.7. The van der Waals surface area contributed by atoms with Gasteiger partial charge in [0.05, 0.1) is 11.2 Å². The van der Waals surface area contributed by atoms with Gasteiger partial charge in [0.2, 0.25) is 0 Å². The Morgan fingerprint density at radius 2 is 2.07 bits per heavy atom. The Balaban J connectivity index is 2.47. The third-order valence-corrected chi connectivity index (χ3v) is 2.91. The molecule has 0 unspecified atom stereocenters. The molecular formula is C13H11N. The molecule has 1 aliphatic rings. The van der Waals surface area contributed by atoms with Gasteiger partial charge in [-0.25, -0.2) is 4.98 Å². The number of fused-ring (bicyclic) bond motifs is 2. The molecule has 0 radical (unpaired) electrons. The molecule has 1 heterocycles. The zero-order valence-corrected chi connectivity index (χ0v) is 8.12. The molecule has 1 aliphatic carbocycles. The predicted octanol–water partition coefficient (Wildman–Crippen LogP) is 3.11. The predicted molar refractivity (Wildman–Crippen MR) is 59.2 cm³/mol. The van der Waals surface area contributed by atoms with E-state index in [9.17, 15) is 0 Å². The molecular weight excluding hydrogens is 170 g/mol. The quantitative estimate of drug-likeness (QED) is 0.608. The van der Waals surface area contributed by atoms with Crippen LogP contribution in [0, 0.1) is 6.92 Å². The molecule has 0 fully saturated rings. The fourth-order valence-corrected chi connectivity index (χ4v) is 2.12. The van der Waals surface area contributed by atoms with Crippen LogP contribution in [0.25, 0.3) is 17.0 Å². The Hall–Kier alpha value is -1.63. The summed E-state index contributed by atoms with van der Waals surface area (Å²) in [6.45, 7) is 2.19. The lowest BCUT2D eigenvalue weighted by Gasteiger charge is -2.07. The maximum absolute atomic E-state index is 4.63. The third kappa shape index (κ3) is 0.925. The van der Waals surface area contributed by atoms with Crippen LogP contribution in [-0.4, -0.2) is 4.98 Å². The van der Waals surface area contributed by atoms with E-state index in [2.05, 4.69) is 42.3 Å². The molecule has 0 amide bonds. The van der Waals surface area contributed by atoms with Gasteiger partial charge in [0.15, 0.2) is 0 Å². The molecule has 1 heteroatoms. The Morgan fingerprint density at radius 1 is 1.21 bits per heavy atom. The Bertz CT molecular complexity index is 538. The van der Waals surface area contributed by atoms with Gasteiger partial charge in [-0.3, -0.25) is 0 Å². The largest absolute Gasteiger partial charge is 0.248 e. The van der Waals surface area contributed by atoms with Crippen LogP contribution < -0.4 is 0 Å². The molecule has 0 saturated carbocycles. The van der Waals surface area contributed by atoms with Gasteiger partial charge in [-0.2, -0.15) is 0 Å². The minimum Gasteiger partial charge on any atom is -0.248 e. The first kappa shape index (κ1) is 7.74. The standard InChI is InChI=1S/C13H11N/c1-9-10-5-2-3-7-12(10)14-13-8-4-6-11(9)13/h2-5,7-8H,6H2,1H3. The summed E-state index contributed by atoms with van der Waals surface area (Å²) in [7, 11) is 0. The molecule has 1 nitrogen and oxygen atoms in total. The molecule has 14 heavy (non-hydrogen) atoms. The van der Waals surface area contributed by atoms with E-state index < -0.39 is 0 Å². The van der Waals surface area contributed by atoms with Crippen molar-refractivity contribution in [3.05, 3.63) is 47.2 Å². The maximum atomic E-state index is 4.63. The topological polar surface area (TPSA) is 12.9 Å². The molecule has 0 N–H and O–H groups in total. The molecule has 0 bridgehead atoms. The van der Waals surface area contributed by atoms with E-state index in [0.717, 1.165) is 17.6 Å². The second-order valence-electron chi connectivity index (χ2n) is 3.72. The number of hydrogen-bond acceptors (Lipinski definition) is 1. The zero-order chi connectivity index (χ0) is 9.54. The van der Waals surface area contributed by atoms with Gasteiger partial charge in [0.1, 0.15) is 0 Å². The van der Waals surface area contributed by atoms with Gasteiger partial charge in [0, 0.05) is 5.39 Å². The minimum absolute atomic E-state index is 1.04.